The van der Waals surface area contributed by atoms with Crippen molar-refractivity contribution in [2.75, 3.05) is 5.32 Å². The fourth-order valence-electron chi connectivity index (χ4n) is 1.47. The molecule has 88 valence electrons. The van der Waals surface area contributed by atoms with Gasteiger partial charge in [0, 0.05) is 31.0 Å². The topological polar surface area (TPSA) is 46.9 Å². The maximum Gasteiger partial charge on any atom is 0.293 e. The molecule has 1 heterocycles. The predicted octanol–water partition coefficient (Wildman–Crippen LogP) is 2.26. The van der Waals surface area contributed by atoms with E-state index in [0.29, 0.717) is 11.7 Å². The number of alkyl halides is 1. The van der Waals surface area contributed by atoms with E-state index >= 15 is 0 Å². The van der Waals surface area contributed by atoms with Crippen LogP contribution in [-0.4, -0.2) is 9.55 Å². The van der Waals surface area contributed by atoms with Crippen LogP contribution >= 0.6 is 11.6 Å². The molecule has 0 saturated carbocycles. The number of nitrogens with zero attached hydrogens (tertiary/aromatic N) is 2. The van der Waals surface area contributed by atoms with Crippen molar-refractivity contribution in [2.45, 2.75) is 5.88 Å². The van der Waals surface area contributed by atoms with E-state index in [-0.39, 0.29) is 5.56 Å². The molecule has 2 aromatic rings. The molecule has 17 heavy (non-hydrogen) atoms. The summed E-state index contributed by atoms with van der Waals surface area (Å²) in [6.07, 6.45) is 3.19. The third-order valence-electron chi connectivity index (χ3n) is 2.43. The summed E-state index contributed by atoms with van der Waals surface area (Å²) in [7, 11) is 1.68. The van der Waals surface area contributed by atoms with Crippen LogP contribution in [0.25, 0.3) is 0 Å². The largest absolute Gasteiger partial charge is 0.335 e. The second kappa shape index (κ2) is 5.01. The number of nitrogens with one attached hydrogen (secondary N) is 1. The molecule has 0 unspecified atom stereocenters. The van der Waals surface area contributed by atoms with Crippen molar-refractivity contribution in [1.82, 2.24) is 9.55 Å². The molecule has 0 amide bonds. The van der Waals surface area contributed by atoms with E-state index in [4.69, 9.17) is 11.6 Å². The number of anilines is 2. The highest BCUT2D eigenvalue weighted by molar-refractivity contribution is 6.17. The quantitative estimate of drug-likeness (QED) is 0.849. The molecular formula is C12H12ClN3O. The van der Waals surface area contributed by atoms with Gasteiger partial charge in [-0.25, -0.2) is 4.98 Å². The molecule has 0 bridgehead atoms. The average molecular weight is 250 g/mol. The molecule has 1 aromatic heterocycles. The molecule has 0 radical (unpaired) electrons. The molecule has 0 fully saturated rings. The van der Waals surface area contributed by atoms with E-state index in [9.17, 15) is 4.79 Å². The second-order valence-corrected chi connectivity index (χ2v) is 3.87. The van der Waals surface area contributed by atoms with Crippen LogP contribution in [0, 0.1) is 0 Å². The van der Waals surface area contributed by atoms with Gasteiger partial charge in [0.2, 0.25) is 0 Å². The maximum absolute atomic E-state index is 11.8. The van der Waals surface area contributed by atoms with Crippen LogP contribution in [0.3, 0.4) is 0 Å². The van der Waals surface area contributed by atoms with Gasteiger partial charge in [-0.15, -0.1) is 11.6 Å². The lowest BCUT2D eigenvalue weighted by atomic mass is 10.2. The van der Waals surface area contributed by atoms with Crippen LogP contribution in [0.5, 0.6) is 0 Å². The minimum absolute atomic E-state index is 0.170. The Morgan fingerprint density at radius 1 is 1.41 bits per heavy atom. The van der Waals surface area contributed by atoms with E-state index in [0.717, 1.165) is 11.3 Å². The number of aryl methyl sites for hydroxylation is 1. The Labute approximate surface area is 104 Å². The lowest BCUT2D eigenvalue weighted by molar-refractivity contribution is 0.845. The fraction of sp³-hybridized carbons (Fsp3) is 0.167. The summed E-state index contributed by atoms with van der Waals surface area (Å²) in [6.45, 7) is 0. The van der Waals surface area contributed by atoms with Crippen molar-refractivity contribution in [2.24, 2.45) is 7.05 Å². The zero-order valence-electron chi connectivity index (χ0n) is 9.35. The van der Waals surface area contributed by atoms with Crippen molar-refractivity contribution in [3.63, 3.8) is 0 Å². The summed E-state index contributed by atoms with van der Waals surface area (Å²) in [4.78, 5) is 15.8. The standard InChI is InChI=1S/C12H12ClN3O/c1-16-7-6-14-11(12(16)17)15-10-5-3-2-4-9(10)8-13/h2-7H,8H2,1H3,(H,14,15). The van der Waals surface area contributed by atoms with Crippen LogP contribution in [0.15, 0.2) is 41.5 Å². The number of hydrogen-bond acceptors (Lipinski definition) is 3. The molecule has 0 aliphatic heterocycles. The van der Waals surface area contributed by atoms with Crippen molar-refractivity contribution >= 4 is 23.1 Å². The highest BCUT2D eigenvalue weighted by Gasteiger charge is 2.05. The van der Waals surface area contributed by atoms with Gasteiger partial charge in [-0.05, 0) is 11.6 Å². The fourth-order valence-corrected chi connectivity index (χ4v) is 1.70. The third-order valence-corrected chi connectivity index (χ3v) is 2.72. The van der Waals surface area contributed by atoms with Crippen molar-refractivity contribution in [3.8, 4) is 0 Å². The van der Waals surface area contributed by atoms with Crippen molar-refractivity contribution in [1.29, 1.82) is 0 Å². The predicted molar refractivity (Wildman–Crippen MR) is 68.8 cm³/mol. The van der Waals surface area contributed by atoms with Crippen LogP contribution < -0.4 is 10.9 Å². The van der Waals surface area contributed by atoms with Crippen LogP contribution in [0.2, 0.25) is 0 Å². The van der Waals surface area contributed by atoms with E-state index < -0.39 is 0 Å². The molecule has 0 spiro atoms. The van der Waals surface area contributed by atoms with Gasteiger partial charge < -0.3 is 9.88 Å². The summed E-state index contributed by atoms with van der Waals surface area (Å²) in [5, 5.41) is 3.00. The molecule has 0 aliphatic carbocycles. The summed E-state index contributed by atoms with van der Waals surface area (Å²) in [5.74, 6) is 0.684. The lowest BCUT2D eigenvalue weighted by Gasteiger charge is -2.09. The number of para-hydroxylation sites is 1. The lowest BCUT2D eigenvalue weighted by Crippen LogP contribution is -2.20. The molecule has 0 aliphatic rings. The van der Waals surface area contributed by atoms with Gasteiger partial charge in [0.15, 0.2) is 5.82 Å². The first-order chi connectivity index (χ1) is 8.22. The minimum atomic E-state index is -0.170. The van der Waals surface area contributed by atoms with Crippen molar-refractivity contribution < 1.29 is 0 Å². The molecule has 5 heteroatoms. The molecule has 2 rings (SSSR count). The first-order valence-electron chi connectivity index (χ1n) is 5.15. The van der Waals surface area contributed by atoms with Crippen LogP contribution in [-0.2, 0) is 12.9 Å². The molecular weight excluding hydrogens is 238 g/mol. The molecule has 4 nitrogen and oxygen atoms in total. The van der Waals surface area contributed by atoms with Crippen molar-refractivity contribution in [3.05, 3.63) is 52.6 Å². The third kappa shape index (κ3) is 2.47. The summed E-state index contributed by atoms with van der Waals surface area (Å²) < 4.78 is 1.47. The number of aromatic nitrogens is 2. The number of benzene rings is 1. The summed E-state index contributed by atoms with van der Waals surface area (Å²) in [5.41, 5.74) is 1.57. The number of hydrogen-bond donors (Lipinski definition) is 1. The van der Waals surface area contributed by atoms with Gasteiger partial charge in [-0.1, -0.05) is 18.2 Å². The van der Waals surface area contributed by atoms with Gasteiger partial charge in [-0.3, -0.25) is 4.79 Å². The first kappa shape index (κ1) is 11.7. The number of halogens is 1. The maximum atomic E-state index is 11.8. The Morgan fingerprint density at radius 3 is 2.94 bits per heavy atom. The van der Waals surface area contributed by atoms with E-state index in [2.05, 4.69) is 10.3 Å². The minimum Gasteiger partial charge on any atom is -0.335 e. The summed E-state index contributed by atoms with van der Waals surface area (Å²) in [6, 6.07) is 7.56. The Morgan fingerprint density at radius 2 is 2.18 bits per heavy atom. The molecule has 0 atom stereocenters. The average Bonchev–Trinajstić information content (AvgIpc) is 2.35. The van der Waals surface area contributed by atoms with Crippen LogP contribution in [0.1, 0.15) is 5.56 Å². The molecule has 1 aromatic carbocycles. The zero-order chi connectivity index (χ0) is 12.3. The van der Waals surface area contributed by atoms with Gasteiger partial charge >= 0.3 is 0 Å². The van der Waals surface area contributed by atoms with Crippen LogP contribution in [0.4, 0.5) is 11.5 Å². The zero-order valence-corrected chi connectivity index (χ0v) is 10.1. The molecule has 0 saturated heterocycles. The monoisotopic (exact) mass is 249 g/mol. The Hall–Kier alpha value is -1.81. The smallest absolute Gasteiger partial charge is 0.293 e. The normalized spacial score (nSPS) is 10.2. The highest BCUT2D eigenvalue weighted by atomic mass is 35.5. The number of rotatable bonds is 3. The first-order valence-corrected chi connectivity index (χ1v) is 5.68. The second-order valence-electron chi connectivity index (χ2n) is 3.61. The molecule has 1 N–H and O–H groups in total. The van der Waals surface area contributed by atoms with E-state index in [1.165, 1.54) is 4.57 Å². The summed E-state index contributed by atoms with van der Waals surface area (Å²) >= 11 is 5.83. The van der Waals surface area contributed by atoms with Gasteiger partial charge in [0.25, 0.3) is 5.56 Å². The highest BCUT2D eigenvalue weighted by Crippen LogP contribution is 2.19. The Balaban J connectivity index is 2.38. The van der Waals surface area contributed by atoms with Gasteiger partial charge in [-0.2, -0.15) is 0 Å². The van der Waals surface area contributed by atoms with E-state index in [1.807, 2.05) is 24.3 Å². The Kier molecular flexibility index (Phi) is 3.44. The SMILES string of the molecule is Cn1ccnc(Nc2ccccc2CCl)c1=O. The van der Waals surface area contributed by atoms with E-state index in [1.54, 1.807) is 19.4 Å². The van der Waals surface area contributed by atoms with Gasteiger partial charge in [0.05, 0.1) is 0 Å². The Bertz CT molecular complexity index is 580. The van der Waals surface area contributed by atoms with Gasteiger partial charge in [0.1, 0.15) is 0 Å².